The number of nitriles is 1. The Balaban J connectivity index is 1.45. The van der Waals surface area contributed by atoms with Gasteiger partial charge in [-0.1, -0.05) is 42.5 Å². The smallest absolute Gasteiger partial charge is 0.151 e. The summed E-state index contributed by atoms with van der Waals surface area (Å²) in [7, 11) is 4.17. The van der Waals surface area contributed by atoms with E-state index in [-0.39, 0.29) is 6.10 Å². The molecule has 0 radical (unpaired) electrons. The quantitative estimate of drug-likeness (QED) is 0.197. The topological polar surface area (TPSA) is 63.3 Å². The molecule has 0 aliphatic carbocycles. The van der Waals surface area contributed by atoms with Crippen molar-refractivity contribution in [1.82, 2.24) is 13.9 Å². The molecule has 3 aromatic carbocycles. The molecule has 0 unspecified atom stereocenters. The Morgan fingerprint density at radius 3 is 2.59 bits per heavy atom. The molecule has 0 amide bonds. The molecule has 41 heavy (non-hydrogen) atoms. The molecular formula is C34H32N4O2S. The zero-order valence-electron chi connectivity index (χ0n) is 23.3. The molecule has 2 aromatic heterocycles. The SMILES string of the molecule is CN(C)Cc1cccc(-c2cc3c(-c4ccc(OC5CCOCC5)c(C#N)c4)ccnc3n2Sc2ccccc2)c1. The molecule has 0 N–H and O–H groups in total. The lowest BCUT2D eigenvalue weighted by atomic mass is 10.0. The highest BCUT2D eigenvalue weighted by molar-refractivity contribution is 7.98. The van der Waals surface area contributed by atoms with Crippen molar-refractivity contribution in [2.24, 2.45) is 0 Å². The van der Waals surface area contributed by atoms with E-state index in [0.717, 1.165) is 57.7 Å². The van der Waals surface area contributed by atoms with Crippen LogP contribution in [0.5, 0.6) is 5.75 Å². The van der Waals surface area contributed by atoms with Crippen LogP contribution < -0.4 is 4.74 Å². The van der Waals surface area contributed by atoms with Gasteiger partial charge in [0.25, 0.3) is 0 Å². The highest BCUT2D eigenvalue weighted by Crippen LogP contribution is 2.39. The molecule has 1 saturated heterocycles. The molecule has 6 nitrogen and oxygen atoms in total. The Morgan fingerprint density at radius 2 is 1.80 bits per heavy atom. The fourth-order valence-electron chi connectivity index (χ4n) is 5.26. The van der Waals surface area contributed by atoms with Gasteiger partial charge in [0.05, 0.1) is 24.5 Å². The lowest BCUT2D eigenvalue weighted by Crippen LogP contribution is -2.26. The van der Waals surface area contributed by atoms with Gasteiger partial charge in [0.1, 0.15) is 17.9 Å². The summed E-state index contributed by atoms with van der Waals surface area (Å²) in [5.41, 5.74) is 6.87. The predicted octanol–water partition coefficient (Wildman–Crippen LogP) is 7.42. The molecule has 0 spiro atoms. The molecule has 1 fully saturated rings. The maximum atomic E-state index is 10.0. The van der Waals surface area contributed by atoms with Crippen molar-refractivity contribution in [1.29, 1.82) is 5.26 Å². The lowest BCUT2D eigenvalue weighted by molar-refractivity contribution is 0.0254. The number of nitrogens with zero attached hydrogens (tertiary/aromatic N) is 4. The normalized spacial score (nSPS) is 13.9. The van der Waals surface area contributed by atoms with Crippen molar-refractivity contribution in [3.8, 4) is 34.2 Å². The number of ether oxygens (including phenoxy) is 2. The van der Waals surface area contributed by atoms with E-state index < -0.39 is 0 Å². The summed E-state index contributed by atoms with van der Waals surface area (Å²) in [6.45, 7) is 2.25. The van der Waals surface area contributed by atoms with Crippen LogP contribution >= 0.6 is 11.9 Å². The van der Waals surface area contributed by atoms with E-state index in [0.29, 0.717) is 24.5 Å². The van der Waals surface area contributed by atoms with Crippen LogP contribution in [0, 0.1) is 11.3 Å². The summed E-state index contributed by atoms with van der Waals surface area (Å²) in [4.78, 5) is 8.16. The number of rotatable bonds is 8. The third-order valence-corrected chi connectivity index (χ3v) is 8.23. The standard InChI is InChI=1S/C34H32N4O2S/c1-37(2)23-24-7-6-8-26(19-24)32-21-31-30(13-16-36-34(31)38(32)41-29-9-4-3-5-10-29)25-11-12-33(27(20-25)22-35)40-28-14-17-39-18-15-28/h3-13,16,19-21,28H,14-15,17-18,23H2,1-2H3. The third-order valence-electron chi connectivity index (χ3n) is 7.20. The van der Waals surface area contributed by atoms with E-state index >= 15 is 0 Å². The molecule has 0 atom stereocenters. The molecule has 3 heterocycles. The van der Waals surface area contributed by atoms with Crippen LogP contribution in [0.2, 0.25) is 0 Å². The van der Waals surface area contributed by atoms with Gasteiger partial charge in [-0.3, -0.25) is 3.97 Å². The van der Waals surface area contributed by atoms with Crippen LogP contribution in [-0.4, -0.2) is 47.3 Å². The number of hydrogen-bond acceptors (Lipinski definition) is 6. The number of benzene rings is 3. The Labute approximate surface area is 245 Å². The monoisotopic (exact) mass is 560 g/mol. The highest BCUT2D eigenvalue weighted by atomic mass is 32.2. The van der Waals surface area contributed by atoms with Crippen LogP contribution in [0.3, 0.4) is 0 Å². The molecule has 0 bridgehead atoms. The predicted molar refractivity (Wildman–Crippen MR) is 165 cm³/mol. The van der Waals surface area contributed by atoms with Crippen molar-refractivity contribution >= 4 is 23.0 Å². The van der Waals surface area contributed by atoms with E-state index in [1.165, 1.54) is 5.56 Å². The summed E-state index contributed by atoms with van der Waals surface area (Å²) in [6.07, 6.45) is 3.60. The molecule has 1 aliphatic heterocycles. The largest absolute Gasteiger partial charge is 0.489 e. The summed E-state index contributed by atoms with van der Waals surface area (Å²) in [5, 5.41) is 11.0. The van der Waals surface area contributed by atoms with Crippen LogP contribution in [0.4, 0.5) is 0 Å². The molecule has 5 aromatic rings. The fraction of sp³-hybridized carbons (Fsp3) is 0.235. The summed E-state index contributed by atoms with van der Waals surface area (Å²) < 4.78 is 13.9. The van der Waals surface area contributed by atoms with E-state index in [2.05, 4.69) is 83.6 Å². The molecule has 1 aliphatic rings. The minimum absolute atomic E-state index is 0.0733. The summed E-state index contributed by atoms with van der Waals surface area (Å²) in [5.74, 6) is 0.629. The summed E-state index contributed by atoms with van der Waals surface area (Å²) >= 11 is 1.66. The van der Waals surface area contributed by atoms with E-state index in [4.69, 9.17) is 14.5 Å². The maximum absolute atomic E-state index is 10.0. The Morgan fingerprint density at radius 1 is 0.976 bits per heavy atom. The van der Waals surface area contributed by atoms with E-state index in [9.17, 15) is 5.26 Å². The minimum atomic E-state index is 0.0733. The van der Waals surface area contributed by atoms with Gasteiger partial charge < -0.3 is 14.4 Å². The second kappa shape index (κ2) is 12.2. The first-order valence-electron chi connectivity index (χ1n) is 13.9. The van der Waals surface area contributed by atoms with Gasteiger partial charge in [-0.25, -0.2) is 4.98 Å². The molecule has 206 valence electrons. The first kappa shape index (κ1) is 27.1. The van der Waals surface area contributed by atoms with Crippen molar-refractivity contribution in [3.05, 3.63) is 102 Å². The zero-order chi connectivity index (χ0) is 28.2. The van der Waals surface area contributed by atoms with Crippen molar-refractivity contribution in [3.63, 3.8) is 0 Å². The second-order valence-corrected chi connectivity index (χ2v) is 11.5. The van der Waals surface area contributed by atoms with Gasteiger partial charge in [0, 0.05) is 35.9 Å². The number of hydrogen-bond donors (Lipinski definition) is 0. The van der Waals surface area contributed by atoms with Gasteiger partial charge in [-0.2, -0.15) is 5.26 Å². The van der Waals surface area contributed by atoms with Crippen LogP contribution in [-0.2, 0) is 11.3 Å². The average molecular weight is 561 g/mol. The van der Waals surface area contributed by atoms with E-state index in [1.54, 1.807) is 11.9 Å². The minimum Gasteiger partial charge on any atom is -0.489 e. The third kappa shape index (κ3) is 6.01. The lowest BCUT2D eigenvalue weighted by Gasteiger charge is -2.23. The van der Waals surface area contributed by atoms with Crippen molar-refractivity contribution in [2.45, 2.75) is 30.4 Å². The second-order valence-electron chi connectivity index (χ2n) is 10.5. The van der Waals surface area contributed by atoms with Gasteiger partial charge in [0.15, 0.2) is 5.65 Å². The van der Waals surface area contributed by atoms with Crippen LogP contribution in [0.25, 0.3) is 33.4 Å². The number of aromatic nitrogens is 2. The van der Waals surface area contributed by atoms with Crippen LogP contribution in [0.15, 0.2) is 96.0 Å². The first-order chi connectivity index (χ1) is 20.1. The molecule has 6 rings (SSSR count). The van der Waals surface area contributed by atoms with Crippen molar-refractivity contribution in [2.75, 3.05) is 27.3 Å². The summed E-state index contributed by atoms with van der Waals surface area (Å²) in [6, 6.07) is 31.6. The van der Waals surface area contributed by atoms with Crippen molar-refractivity contribution < 1.29 is 9.47 Å². The van der Waals surface area contributed by atoms with Gasteiger partial charge >= 0.3 is 0 Å². The Hall–Kier alpha value is -4.09. The first-order valence-corrected chi connectivity index (χ1v) is 14.6. The van der Waals surface area contributed by atoms with Gasteiger partial charge in [-0.05, 0) is 90.8 Å². The Kier molecular flexibility index (Phi) is 8.06. The molecular weight excluding hydrogens is 528 g/mol. The number of pyridine rings is 1. The van der Waals surface area contributed by atoms with Gasteiger partial charge in [-0.15, -0.1) is 0 Å². The zero-order valence-corrected chi connectivity index (χ0v) is 24.1. The molecule has 7 heteroatoms. The number of fused-ring (bicyclic) bond motifs is 1. The van der Waals surface area contributed by atoms with Crippen LogP contribution in [0.1, 0.15) is 24.0 Å². The van der Waals surface area contributed by atoms with E-state index in [1.807, 2.05) is 36.5 Å². The maximum Gasteiger partial charge on any atom is 0.151 e. The Bertz CT molecular complexity index is 1700. The highest BCUT2D eigenvalue weighted by Gasteiger charge is 2.20. The fourth-order valence-corrected chi connectivity index (χ4v) is 6.24. The molecule has 0 saturated carbocycles. The van der Waals surface area contributed by atoms with Gasteiger partial charge in [0.2, 0.25) is 0 Å². The average Bonchev–Trinajstić information content (AvgIpc) is 3.36.